The summed E-state index contributed by atoms with van der Waals surface area (Å²) >= 11 is 0. The summed E-state index contributed by atoms with van der Waals surface area (Å²) in [4.78, 5) is 44.9. The number of amides is 2. The van der Waals surface area contributed by atoms with Crippen LogP contribution in [0.5, 0.6) is 0 Å². The number of halogens is 3. The molecule has 3 N–H and O–H groups in total. The molecule has 12 heteroatoms. The number of nitrogens with one attached hydrogen (secondary N) is 1. The third-order valence-electron chi connectivity index (χ3n) is 8.53. The Bertz CT molecular complexity index is 1280. The molecule has 3 fully saturated rings. The molecule has 214 valence electrons. The van der Waals surface area contributed by atoms with E-state index in [9.17, 15) is 32.7 Å². The maximum Gasteiger partial charge on any atom is 0.416 e. The Morgan fingerprint density at radius 2 is 1.73 bits per heavy atom. The average Bonchev–Trinajstić information content (AvgIpc) is 3.54. The van der Waals surface area contributed by atoms with E-state index in [1.165, 1.54) is 18.3 Å². The highest BCUT2D eigenvalue weighted by atomic mass is 19.4. The minimum Gasteiger partial charge on any atom is -0.478 e. The Morgan fingerprint density at radius 3 is 2.38 bits per heavy atom. The Labute approximate surface area is 229 Å². The van der Waals surface area contributed by atoms with E-state index in [0.29, 0.717) is 25.1 Å². The molecule has 3 heterocycles. The molecule has 2 atom stereocenters. The number of hydrogen-bond donors (Lipinski definition) is 3. The van der Waals surface area contributed by atoms with E-state index in [2.05, 4.69) is 15.2 Å². The van der Waals surface area contributed by atoms with Gasteiger partial charge in [0.15, 0.2) is 0 Å². The van der Waals surface area contributed by atoms with E-state index in [1.807, 2.05) is 0 Å². The van der Waals surface area contributed by atoms with E-state index >= 15 is 0 Å². The number of aliphatic hydroxyl groups is 1. The molecule has 0 spiro atoms. The summed E-state index contributed by atoms with van der Waals surface area (Å²) in [7, 11) is 0. The molecule has 3 aliphatic rings. The summed E-state index contributed by atoms with van der Waals surface area (Å²) in [5, 5.41) is 22.8. The largest absolute Gasteiger partial charge is 0.478 e. The van der Waals surface area contributed by atoms with Gasteiger partial charge in [-0.25, -0.2) is 4.79 Å². The van der Waals surface area contributed by atoms with Crippen LogP contribution in [0.1, 0.15) is 70.5 Å². The molecule has 2 amide bonds. The van der Waals surface area contributed by atoms with Crippen molar-refractivity contribution < 1.29 is 37.8 Å². The number of fused-ring (bicyclic) bond motifs is 1. The summed E-state index contributed by atoms with van der Waals surface area (Å²) in [5.41, 5.74) is -1.64. The highest BCUT2D eigenvalue weighted by molar-refractivity contribution is 5.96. The van der Waals surface area contributed by atoms with Crippen LogP contribution in [0.3, 0.4) is 0 Å². The fraction of sp³-hybridized carbons (Fsp3) is 0.500. The monoisotopic (exact) mass is 560 g/mol. The quantitative estimate of drug-likeness (QED) is 0.496. The number of hydrogen-bond acceptors (Lipinski definition) is 6. The van der Waals surface area contributed by atoms with Gasteiger partial charge in [0.2, 0.25) is 5.91 Å². The van der Waals surface area contributed by atoms with Gasteiger partial charge in [-0.1, -0.05) is 6.07 Å². The molecule has 1 saturated carbocycles. The van der Waals surface area contributed by atoms with E-state index in [0.717, 1.165) is 50.4 Å². The lowest BCUT2D eigenvalue weighted by molar-refractivity contribution is -0.137. The molecule has 0 bridgehead atoms. The SMILES string of the molecule is O=C(O)c1ccc(C2(O)CCC(N3CCC4C3CCN4C(=O)CNC(=O)c3cccc(C(F)(F)F)c3)CC2)nc1. The second-order valence-electron chi connectivity index (χ2n) is 10.8. The normalized spacial score (nSPS) is 26.9. The minimum atomic E-state index is -4.56. The zero-order valence-corrected chi connectivity index (χ0v) is 21.7. The lowest BCUT2D eigenvalue weighted by atomic mass is 9.79. The third kappa shape index (κ3) is 5.55. The van der Waals surface area contributed by atoms with E-state index in [-0.39, 0.29) is 41.7 Å². The van der Waals surface area contributed by atoms with Crippen molar-refractivity contribution in [3.63, 3.8) is 0 Å². The zero-order valence-electron chi connectivity index (χ0n) is 21.7. The molecule has 1 aromatic heterocycles. The lowest BCUT2D eigenvalue weighted by Crippen LogP contribution is -2.47. The highest BCUT2D eigenvalue weighted by Gasteiger charge is 2.48. The maximum absolute atomic E-state index is 13.0. The molecule has 5 rings (SSSR count). The molecule has 1 aromatic carbocycles. The fourth-order valence-corrected chi connectivity index (χ4v) is 6.44. The Balaban J connectivity index is 1.14. The van der Waals surface area contributed by atoms with Crippen molar-refractivity contribution in [2.24, 2.45) is 0 Å². The standard InChI is InChI=1S/C28H31F3N4O5/c29-28(30,31)19-3-1-2-17(14-19)25(37)33-16-24(36)35-13-9-21-22(35)8-12-34(21)20-6-10-27(40,11-7-20)23-5-4-18(15-32-23)26(38)39/h1-5,14-15,20-22,40H,6-13,16H2,(H,33,37)(H,38,39). The number of nitrogens with zero attached hydrogens (tertiary/aromatic N) is 3. The van der Waals surface area contributed by atoms with E-state index in [1.54, 1.807) is 11.0 Å². The van der Waals surface area contributed by atoms with Crippen molar-refractivity contribution in [2.45, 2.75) is 68.4 Å². The van der Waals surface area contributed by atoms with Gasteiger partial charge in [-0.05, 0) is 68.9 Å². The number of rotatable bonds is 6. The first kappa shape index (κ1) is 28.0. The Hall–Kier alpha value is -3.51. The van der Waals surface area contributed by atoms with Crippen LogP contribution < -0.4 is 5.32 Å². The smallest absolute Gasteiger partial charge is 0.416 e. The average molecular weight is 561 g/mol. The van der Waals surface area contributed by atoms with Crippen molar-refractivity contribution in [3.05, 3.63) is 65.0 Å². The van der Waals surface area contributed by atoms with Crippen LogP contribution in [-0.2, 0) is 16.6 Å². The van der Waals surface area contributed by atoms with Crippen LogP contribution in [0, 0.1) is 0 Å². The first-order chi connectivity index (χ1) is 19.0. The summed E-state index contributed by atoms with van der Waals surface area (Å²) in [6.45, 7) is 1.06. The number of carbonyl (C=O) groups is 3. The number of benzene rings is 1. The van der Waals surface area contributed by atoms with Gasteiger partial charge in [-0.3, -0.25) is 19.5 Å². The molecular weight excluding hydrogens is 529 g/mol. The maximum atomic E-state index is 13.0. The number of carboxylic acid groups (broad SMARTS) is 1. The van der Waals surface area contributed by atoms with Gasteiger partial charge < -0.3 is 20.4 Å². The molecular formula is C28H31F3N4O5. The minimum absolute atomic E-state index is 0.00370. The summed E-state index contributed by atoms with van der Waals surface area (Å²) in [6, 6.07) is 7.54. The number of alkyl halides is 3. The molecule has 9 nitrogen and oxygen atoms in total. The number of aromatic carboxylic acids is 1. The predicted molar refractivity (Wildman–Crippen MR) is 136 cm³/mol. The lowest BCUT2D eigenvalue weighted by Gasteiger charge is -2.41. The van der Waals surface area contributed by atoms with Crippen LogP contribution >= 0.6 is 0 Å². The van der Waals surface area contributed by atoms with Crippen molar-refractivity contribution >= 4 is 17.8 Å². The van der Waals surface area contributed by atoms with Gasteiger partial charge in [-0.2, -0.15) is 13.2 Å². The summed E-state index contributed by atoms with van der Waals surface area (Å²) < 4.78 is 38.9. The number of carboxylic acids is 1. The van der Waals surface area contributed by atoms with Crippen LogP contribution in [0.4, 0.5) is 13.2 Å². The number of carbonyl (C=O) groups excluding carboxylic acids is 2. The van der Waals surface area contributed by atoms with Crippen LogP contribution in [0.15, 0.2) is 42.6 Å². The molecule has 2 saturated heterocycles. The number of aromatic nitrogens is 1. The molecule has 2 aromatic rings. The molecule has 1 aliphatic carbocycles. The van der Waals surface area contributed by atoms with E-state index in [4.69, 9.17) is 5.11 Å². The van der Waals surface area contributed by atoms with Crippen molar-refractivity contribution in [1.82, 2.24) is 20.1 Å². The fourth-order valence-electron chi connectivity index (χ4n) is 6.44. The third-order valence-corrected chi connectivity index (χ3v) is 8.53. The molecule has 2 aliphatic heterocycles. The topological polar surface area (TPSA) is 123 Å². The highest BCUT2D eigenvalue weighted by Crippen LogP contribution is 2.42. The Morgan fingerprint density at radius 1 is 1.00 bits per heavy atom. The van der Waals surface area contributed by atoms with Crippen LogP contribution in [0.2, 0.25) is 0 Å². The predicted octanol–water partition coefficient (Wildman–Crippen LogP) is 3.03. The number of pyridine rings is 1. The van der Waals surface area contributed by atoms with Gasteiger partial charge in [0, 0.05) is 43.0 Å². The molecule has 2 unspecified atom stereocenters. The van der Waals surface area contributed by atoms with Crippen LogP contribution in [0.25, 0.3) is 0 Å². The van der Waals surface area contributed by atoms with Gasteiger partial charge in [-0.15, -0.1) is 0 Å². The Kier molecular flexibility index (Phi) is 7.58. The van der Waals surface area contributed by atoms with Gasteiger partial charge >= 0.3 is 12.1 Å². The molecule has 40 heavy (non-hydrogen) atoms. The number of likely N-dealkylation sites (tertiary alicyclic amines) is 2. The zero-order chi connectivity index (χ0) is 28.7. The second-order valence-corrected chi connectivity index (χ2v) is 10.8. The first-order valence-electron chi connectivity index (χ1n) is 13.4. The van der Waals surface area contributed by atoms with E-state index < -0.39 is 29.2 Å². The van der Waals surface area contributed by atoms with Crippen molar-refractivity contribution in [1.29, 1.82) is 0 Å². The van der Waals surface area contributed by atoms with Crippen molar-refractivity contribution in [2.75, 3.05) is 19.6 Å². The summed E-state index contributed by atoms with van der Waals surface area (Å²) in [5.74, 6) is -2.06. The van der Waals surface area contributed by atoms with Gasteiger partial charge in [0.1, 0.15) is 5.60 Å². The van der Waals surface area contributed by atoms with Gasteiger partial charge in [0.25, 0.3) is 5.91 Å². The first-order valence-corrected chi connectivity index (χ1v) is 13.4. The van der Waals surface area contributed by atoms with Gasteiger partial charge in [0.05, 0.1) is 23.4 Å². The van der Waals surface area contributed by atoms with Crippen LogP contribution in [-0.4, -0.2) is 80.5 Å². The summed E-state index contributed by atoms with van der Waals surface area (Å²) in [6.07, 6.45) is 0.746. The van der Waals surface area contributed by atoms with Crippen molar-refractivity contribution in [3.8, 4) is 0 Å². The second kappa shape index (κ2) is 10.8. The molecule has 0 radical (unpaired) electrons.